The van der Waals surface area contributed by atoms with Crippen LogP contribution in [0.2, 0.25) is 0 Å². The number of hydrogen-bond acceptors (Lipinski definition) is 1. The summed E-state index contributed by atoms with van der Waals surface area (Å²) in [6.07, 6.45) is 22.4. The van der Waals surface area contributed by atoms with E-state index in [-0.39, 0.29) is 6.42 Å². The third-order valence-corrected chi connectivity index (χ3v) is 3.32. The Labute approximate surface area is 125 Å². The van der Waals surface area contributed by atoms with Gasteiger partial charge in [0, 0.05) is 6.42 Å². The van der Waals surface area contributed by atoms with Crippen LogP contribution in [0.15, 0.2) is 24.3 Å². The number of carboxylic acids is 1. The standard InChI is InChI=1S/C18H32O2/c1-2-3-4-5-6-7-8-9-10-11-12-13-14-15-16-17-18(19)20/h9-10,14-15H,2-8,11-13,16-17H2,1H3,(H,19,20)/b10-9-,15-14+. The molecule has 0 bridgehead atoms. The first-order valence-electron chi connectivity index (χ1n) is 8.29. The smallest absolute Gasteiger partial charge is 0.303 e. The Morgan fingerprint density at radius 2 is 1.25 bits per heavy atom. The minimum absolute atomic E-state index is 0.245. The highest BCUT2D eigenvalue weighted by atomic mass is 16.4. The summed E-state index contributed by atoms with van der Waals surface area (Å²) >= 11 is 0. The molecule has 0 aliphatic heterocycles. The Hall–Kier alpha value is -1.05. The van der Waals surface area contributed by atoms with Gasteiger partial charge in [-0.15, -0.1) is 0 Å². The highest BCUT2D eigenvalue weighted by molar-refractivity contribution is 5.66. The lowest BCUT2D eigenvalue weighted by Crippen LogP contribution is -1.91. The van der Waals surface area contributed by atoms with E-state index in [2.05, 4.69) is 25.2 Å². The second-order valence-electron chi connectivity index (χ2n) is 5.36. The highest BCUT2D eigenvalue weighted by Gasteiger charge is 1.91. The first-order chi connectivity index (χ1) is 9.77. The topological polar surface area (TPSA) is 37.3 Å². The van der Waals surface area contributed by atoms with Crippen molar-refractivity contribution in [2.75, 3.05) is 0 Å². The van der Waals surface area contributed by atoms with Crippen molar-refractivity contribution in [2.45, 2.75) is 84.0 Å². The van der Waals surface area contributed by atoms with Crippen molar-refractivity contribution in [3.63, 3.8) is 0 Å². The molecule has 0 aliphatic carbocycles. The normalized spacial score (nSPS) is 11.7. The second kappa shape index (κ2) is 16.0. The van der Waals surface area contributed by atoms with Crippen molar-refractivity contribution in [3.8, 4) is 0 Å². The number of carbonyl (C=O) groups is 1. The van der Waals surface area contributed by atoms with E-state index in [1.165, 1.54) is 44.9 Å². The Bertz CT molecular complexity index is 267. The van der Waals surface area contributed by atoms with E-state index in [9.17, 15) is 4.79 Å². The molecule has 2 heteroatoms. The molecule has 0 atom stereocenters. The van der Waals surface area contributed by atoms with Gasteiger partial charge in [-0.25, -0.2) is 0 Å². The Morgan fingerprint density at radius 3 is 1.85 bits per heavy atom. The van der Waals surface area contributed by atoms with E-state index in [4.69, 9.17) is 5.11 Å². The molecule has 0 saturated heterocycles. The van der Waals surface area contributed by atoms with Crippen LogP contribution >= 0.6 is 0 Å². The lowest BCUT2D eigenvalue weighted by atomic mass is 10.1. The third-order valence-electron chi connectivity index (χ3n) is 3.32. The largest absolute Gasteiger partial charge is 0.481 e. The van der Waals surface area contributed by atoms with Crippen molar-refractivity contribution >= 4 is 5.97 Å². The van der Waals surface area contributed by atoms with Gasteiger partial charge in [0.05, 0.1) is 0 Å². The van der Waals surface area contributed by atoms with Gasteiger partial charge in [-0.1, -0.05) is 63.3 Å². The molecule has 0 aromatic carbocycles. The number of hydrogen-bond donors (Lipinski definition) is 1. The maximum atomic E-state index is 10.3. The van der Waals surface area contributed by atoms with E-state index in [0.717, 1.165) is 19.3 Å². The van der Waals surface area contributed by atoms with Crippen LogP contribution in [0.25, 0.3) is 0 Å². The van der Waals surface area contributed by atoms with Crippen LogP contribution in [0.4, 0.5) is 0 Å². The van der Waals surface area contributed by atoms with Crippen LogP contribution in [-0.2, 0) is 4.79 Å². The van der Waals surface area contributed by atoms with Crippen molar-refractivity contribution < 1.29 is 9.90 Å². The zero-order valence-corrected chi connectivity index (χ0v) is 13.2. The molecule has 0 aromatic heterocycles. The van der Waals surface area contributed by atoms with Crippen LogP contribution in [0.3, 0.4) is 0 Å². The summed E-state index contributed by atoms with van der Waals surface area (Å²) in [6, 6.07) is 0. The quantitative estimate of drug-likeness (QED) is 0.318. The van der Waals surface area contributed by atoms with Crippen LogP contribution in [0.5, 0.6) is 0 Å². The van der Waals surface area contributed by atoms with Crippen molar-refractivity contribution in [2.24, 2.45) is 0 Å². The van der Waals surface area contributed by atoms with E-state index in [0.29, 0.717) is 6.42 Å². The number of aliphatic carboxylic acids is 1. The van der Waals surface area contributed by atoms with Crippen LogP contribution in [0.1, 0.15) is 84.0 Å². The number of unbranched alkanes of at least 4 members (excludes halogenated alkanes) is 8. The maximum Gasteiger partial charge on any atom is 0.303 e. The van der Waals surface area contributed by atoms with Gasteiger partial charge in [-0.05, 0) is 38.5 Å². The van der Waals surface area contributed by atoms with E-state index < -0.39 is 5.97 Å². The summed E-state index contributed by atoms with van der Waals surface area (Å²) in [6.45, 7) is 2.25. The zero-order valence-electron chi connectivity index (χ0n) is 13.2. The predicted octanol–water partition coefficient (Wildman–Crippen LogP) is 5.88. The Kier molecular flexibility index (Phi) is 15.2. The minimum atomic E-state index is -0.715. The van der Waals surface area contributed by atoms with Gasteiger partial charge in [-0.3, -0.25) is 4.79 Å². The lowest BCUT2D eigenvalue weighted by Gasteiger charge is -1.97. The molecule has 0 unspecified atom stereocenters. The Balaban J connectivity index is 3.17. The predicted molar refractivity (Wildman–Crippen MR) is 87.0 cm³/mol. The molecule has 116 valence electrons. The fourth-order valence-electron chi connectivity index (χ4n) is 2.07. The second-order valence-corrected chi connectivity index (χ2v) is 5.36. The average Bonchev–Trinajstić information content (AvgIpc) is 2.43. The molecule has 0 amide bonds. The number of carboxylic acid groups (broad SMARTS) is 1. The van der Waals surface area contributed by atoms with Crippen LogP contribution in [-0.4, -0.2) is 11.1 Å². The lowest BCUT2D eigenvalue weighted by molar-refractivity contribution is -0.136. The first-order valence-corrected chi connectivity index (χ1v) is 8.29. The Morgan fingerprint density at radius 1 is 0.750 bits per heavy atom. The monoisotopic (exact) mass is 280 g/mol. The minimum Gasteiger partial charge on any atom is -0.481 e. The van der Waals surface area contributed by atoms with Gasteiger partial charge >= 0.3 is 5.97 Å². The van der Waals surface area contributed by atoms with Gasteiger partial charge in [0.25, 0.3) is 0 Å². The fraction of sp³-hybridized carbons (Fsp3) is 0.722. The summed E-state index contributed by atoms with van der Waals surface area (Å²) in [7, 11) is 0. The third kappa shape index (κ3) is 16.9. The molecule has 2 nitrogen and oxygen atoms in total. The van der Waals surface area contributed by atoms with E-state index in [1.54, 1.807) is 0 Å². The molecular formula is C18H32O2. The summed E-state index contributed by atoms with van der Waals surface area (Å²) in [4.78, 5) is 10.3. The van der Waals surface area contributed by atoms with Gasteiger partial charge < -0.3 is 5.11 Å². The molecule has 0 saturated carbocycles. The van der Waals surface area contributed by atoms with Crippen LogP contribution in [0, 0.1) is 0 Å². The van der Waals surface area contributed by atoms with Crippen molar-refractivity contribution in [1.82, 2.24) is 0 Å². The molecule has 0 radical (unpaired) electrons. The first kappa shape index (κ1) is 18.9. The molecular weight excluding hydrogens is 248 g/mol. The van der Waals surface area contributed by atoms with Gasteiger partial charge in [0.15, 0.2) is 0 Å². The molecule has 20 heavy (non-hydrogen) atoms. The average molecular weight is 280 g/mol. The van der Waals surface area contributed by atoms with Gasteiger partial charge in [-0.2, -0.15) is 0 Å². The maximum absolute atomic E-state index is 10.3. The molecule has 1 N–H and O–H groups in total. The summed E-state index contributed by atoms with van der Waals surface area (Å²) in [5.74, 6) is -0.715. The molecule has 0 heterocycles. The zero-order chi connectivity index (χ0) is 14.9. The fourth-order valence-corrected chi connectivity index (χ4v) is 2.07. The number of rotatable bonds is 14. The van der Waals surface area contributed by atoms with E-state index in [1.807, 2.05) is 6.08 Å². The summed E-state index contributed by atoms with van der Waals surface area (Å²) < 4.78 is 0. The SMILES string of the molecule is CCCCCCCC/C=C\CCC/C=C/CCC(=O)O. The van der Waals surface area contributed by atoms with Crippen molar-refractivity contribution in [1.29, 1.82) is 0 Å². The molecule has 0 fully saturated rings. The summed E-state index contributed by atoms with van der Waals surface area (Å²) in [5, 5.41) is 8.47. The highest BCUT2D eigenvalue weighted by Crippen LogP contribution is 2.08. The van der Waals surface area contributed by atoms with E-state index >= 15 is 0 Å². The molecule has 0 spiro atoms. The van der Waals surface area contributed by atoms with Crippen molar-refractivity contribution in [3.05, 3.63) is 24.3 Å². The molecule has 0 rings (SSSR count). The molecule has 0 aromatic rings. The van der Waals surface area contributed by atoms with Gasteiger partial charge in [0.1, 0.15) is 0 Å². The van der Waals surface area contributed by atoms with Gasteiger partial charge in [0.2, 0.25) is 0 Å². The molecule has 0 aliphatic rings. The van der Waals surface area contributed by atoms with Crippen LogP contribution < -0.4 is 0 Å². The summed E-state index contributed by atoms with van der Waals surface area (Å²) in [5.41, 5.74) is 0. The number of allylic oxidation sites excluding steroid dienone is 4.